The number of aryl methyl sites for hydroxylation is 1. The first-order valence-corrected chi connectivity index (χ1v) is 6.55. The molecule has 5 nitrogen and oxygen atoms in total. The Balaban J connectivity index is 2.01. The molecule has 18 heavy (non-hydrogen) atoms. The van der Waals surface area contributed by atoms with E-state index in [9.17, 15) is 4.79 Å². The molecular weight excluding hydrogens is 230 g/mol. The van der Waals surface area contributed by atoms with Crippen molar-refractivity contribution in [3.05, 3.63) is 17.5 Å². The second-order valence-corrected chi connectivity index (χ2v) is 5.29. The molecule has 1 fully saturated rings. The van der Waals surface area contributed by atoms with E-state index in [2.05, 4.69) is 24.3 Å². The average Bonchev–Trinajstić information content (AvgIpc) is 2.93. The largest absolute Gasteiger partial charge is 0.361 e. The predicted molar refractivity (Wildman–Crippen MR) is 68.2 cm³/mol. The molecule has 0 bridgehead atoms. The van der Waals surface area contributed by atoms with Gasteiger partial charge in [-0.1, -0.05) is 19.0 Å². The zero-order valence-electron chi connectivity index (χ0n) is 11.3. The number of likely N-dealkylation sites (tertiary alicyclic amines) is 1. The fourth-order valence-electron chi connectivity index (χ4n) is 2.25. The van der Waals surface area contributed by atoms with E-state index >= 15 is 0 Å². The molecule has 1 aliphatic rings. The third kappa shape index (κ3) is 2.83. The van der Waals surface area contributed by atoms with E-state index in [0.717, 1.165) is 30.8 Å². The summed E-state index contributed by atoms with van der Waals surface area (Å²) in [5.74, 6) is 1.25. The van der Waals surface area contributed by atoms with Gasteiger partial charge >= 0.3 is 6.03 Å². The van der Waals surface area contributed by atoms with Crippen molar-refractivity contribution >= 4 is 6.03 Å². The Kier molecular flexibility index (Phi) is 3.89. The standard InChI is InChI=1S/C13H21N3O2/c1-9(2)8-14-13(17)16-6-4-5-12(16)11-7-10(3)18-15-11/h7,9,12H,4-6,8H2,1-3H3,(H,14,17). The van der Waals surface area contributed by atoms with Gasteiger partial charge in [0.15, 0.2) is 0 Å². The van der Waals surface area contributed by atoms with Crippen LogP contribution >= 0.6 is 0 Å². The normalized spacial score (nSPS) is 19.6. The number of aromatic nitrogens is 1. The molecule has 1 aromatic heterocycles. The molecule has 2 amide bonds. The topological polar surface area (TPSA) is 58.4 Å². The van der Waals surface area contributed by atoms with Crippen LogP contribution in [0.15, 0.2) is 10.6 Å². The van der Waals surface area contributed by atoms with Gasteiger partial charge in [-0.2, -0.15) is 0 Å². The quantitative estimate of drug-likeness (QED) is 0.897. The van der Waals surface area contributed by atoms with Crippen LogP contribution in [0.3, 0.4) is 0 Å². The van der Waals surface area contributed by atoms with Crippen LogP contribution in [-0.4, -0.2) is 29.2 Å². The van der Waals surface area contributed by atoms with E-state index in [1.807, 2.05) is 17.9 Å². The SMILES string of the molecule is Cc1cc(C2CCCN2C(=O)NCC(C)C)no1. The summed E-state index contributed by atoms with van der Waals surface area (Å²) in [6.07, 6.45) is 1.98. The van der Waals surface area contributed by atoms with Gasteiger partial charge in [0.05, 0.1) is 6.04 Å². The Hall–Kier alpha value is -1.52. The van der Waals surface area contributed by atoms with Gasteiger partial charge in [-0.25, -0.2) is 4.79 Å². The minimum Gasteiger partial charge on any atom is -0.361 e. The number of urea groups is 1. The molecular formula is C13H21N3O2. The van der Waals surface area contributed by atoms with Gasteiger partial charge in [0.2, 0.25) is 0 Å². The van der Waals surface area contributed by atoms with E-state index in [1.165, 1.54) is 0 Å². The van der Waals surface area contributed by atoms with E-state index in [4.69, 9.17) is 4.52 Å². The number of carbonyl (C=O) groups is 1. The summed E-state index contributed by atoms with van der Waals surface area (Å²) >= 11 is 0. The highest BCUT2D eigenvalue weighted by molar-refractivity contribution is 5.75. The summed E-state index contributed by atoms with van der Waals surface area (Å²) in [5, 5.41) is 6.99. The lowest BCUT2D eigenvalue weighted by Gasteiger charge is -2.23. The summed E-state index contributed by atoms with van der Waals surface area (Å²) in [5.41, 5.74) is 0.865. The van der Waals surface area contributed by atoms with Gasteiger partial charge in [-0.15, -0.1) is 0 Å². The second-order valence-electron chi connectivity index (χ2n) is 5.29. The van der Waals surface area contributed by atoms with Gasteiger partial charge in [-0.05, 0) is 25.7 Å². The van der Waals surface area contributed by atoms with Crippen molar-refractivity contribution in [1.82, 2.24) is 15.4 Å². The molecule has 1 atom stereocenters. The fourth-order valence-corrected chi connectivity index (χ4v) is 2.25. The van der Waals surface area contributed by atoms with Crippen molar-refractivity contribution < 1.29 is 9.32 Å². The Bertz CT molecular complexity index is 414. The maximum atomic E-state index is 12.1. The molecule has 1 saturated heterocycles. The Morgan fingerprint density at radius 3 is 3.06 bits per heavy atom. The third-order valence-electron chi connectivity index (χ3n) is 3.16. The molecule has 0 radical (unpaired) electrons. The molecule has 100 valence electrons. The molecule has 1 N–H and O–H groups in total. The van der Waals surface area contributed by atoms with Crippen molar-refractivity contribution in [3.8, 4) is 0 Å². The lowest BCUT2D eigenvalue weighted by molar-refractivity contribution is 0.189. The van der Waals surface area contributed by atoms with E-state index < -0.39 is 0 Å². The number of carbonyl (C=O) groups excluding carboxylic acids is 1. The smallest absolute Gasteiger partial charge is 0.317 e. The maximum Gasteiger partial charge on any atom is 0.317 e. The Labute approximate surface area is 108 Å². The zero-order valence-corrected chi connectivity index (χ0v) is 11.3. The number of rotatable bonds is 3. The number of amides is 2. The number of nitrogens with zero attached hydrogens (tertiary/aromatic N) is 2. The van der Waals surface area contributed by atoms with Gasteiger partial charge in [0, 0.05) is 19.2 Å². The predicted octanol–water partition coefficient (Wildman–Crippen LogP) is 2.49. The van der Waals surface area contributed by atoms with Crippen molar-refractivity contribution in [1.29, 1.82) is 0 Å². The molecule has 0 aliphatic carbocycles. The highest BCUT2D eigenvalue weighted by Crippen LogP contribution is 2.31. The van der Waals surface area contributed by atoms with Crippen LogP contribution in [0.1, 0.15) is 44.2 Å². The zero-order chi connectivity index (χ0) is 13.1. The minimum absolute atomic E-state index is 0.00635. The monoisotopic (exact) mass is 251 g/mol. The van der Waals surface area contributed by atoms with Crippen molar-refractivity contribution in [3.63, 3.8) is 0 Å². The molecule has 0 spiro atoms. The summed E-state index contributed by atoms with van der Waals surface area (Å²) in [7, 11) is 0. The lowest BCUT2D eigenvalue weighted by Crippen LogP contribution is -2.40. The maximum absolute atomic E-state index is 12.1. The van der Waals surface area contributed by atoms with Gasteiger partial charge in [-0.3, -0.25) is 0 Å². The number of nitrogens with one attached hydrogen (secondary N) is 1. The van der Waals surface area contributed by atoms with E-state index in [-0.39, 0.29) is 12.1 Å². The van der Waals surface area contributed by atoms with Crippen LogP contribution in [-0.2, 0) is 0 Å². The van der Waals surface area contributed by atoms with Crippen molar-refractivity contribution in [2.45, 2.75) is 39.7 Å². The Morgan fingerprint density at radius 1 is 1.67 bits per heavy atom. The van der Waals surface area contributed by atoms with Crippen LogP contribution in [0, 0.1) is 12.8 Å². The molecule has 2 rings (SSSR count). The highest BCUT2D eigenvalue weighted by Gasteiger charge is 2.31. The molecule has 5 heteroatoms. The summed E-state index contributed by atoms with van der Waals surface area (Å²) < 4.78 is 5.09. The molecule has 1 unspecified atom stereocenters. The fraction of sp³-hybridized carbons (Fsp3) is 0.692. The molecule has 1 aliphatic heterocycles. The first-order chi connectivity index (χ1) is 8.58. The first-order valence-electron chi connectivity index (χ1n) is 6.55. The average molecular weight is 251 g/mol. The second kappa shape index (κ2) is 5.42. The first kappa shape index (κ1) is 12.9. The number of hydrogen-bond donors (Lipinski definition) is 1. The molecule has 0 aromatic carbocycles. The van der Waals surface area contributed by atoms with Crippen LogP contribution < -0.4 is 5.32 Å². The van der Waals surface area contributed by atoms with E-state index in [1.54, 1.807) is 0 Å². The third-order valence-corrected chi connectivity index (χ3v) is 3.16. The van der Waals surface area contributed by atoms with Gasteiger partial charge in [0.25, 0.3) is 0 Å². The lowest BCUT2D eigenvalue weighted by atomic mass is 10.1. The summed E-state index contributed by atoms with van der Waals surface area (Å²) in [4.78, 5) is 14.0. The number of hydrogen-bond acceptors (Lipinski definition) is 3. The highest BCUT2D eigenvalue weighted by atomic mass is 16.5. The van der Waals surface area contributed by atoms with E-state index in [0.29, 0.717) is 12.5 Å². The summed E-state index contributed by atoms with van der Waals surface area (Å²) in [6.45, 7) is 7.54. The molecule has 2 heterocycles. The minimum atomic E-state index is 0.00635. The molecule has 0 saturated carbocycles. The van der Waals surface area contributed by atoms with Gasteiger partial charge in [0.1, 0.15) is 11.5 Å². The van der Waals surface area contributed by atoms with Gasteiger partial charge < -0.3 is 14.7 Å². The van der Waals surface area contributed by atoms with Crippen molar-refractivity contribution in [2.24, 2.45) is 5.92 Å². The summed E-state index contributed by atoms with van der Waals surface area (Å²) in [6, 6.07) is 1.99. The molecule has 1 aromatic rings. The van der Waals surface area contributed by atoms with Crippen LogP contribution in [0.2, 0.25) is 0 Å². The van der Waals surface area contributed by atoms with Crippen LogP contribution in [0.5, 0.6) is 0 Å². The van der Waals surface area contributed by atoms with Crippen LogP contribution in [0.25, 0.3) is 0 Å². The van der Waals surface area contributed by atoms with Crippen LogP contribution in [0.4, 0.5) is 4.79 Å². The Morgan fingerprint density at radius 2 is 2.44 bits per heavy atom. The van der Waals surface area contributed by atoms with Crippen molar-refractivity contribution in [2.75, 3.05) is 13.1 Å².